The van der Waals surface area contributed by atoms with E-state index < -0.39 is 0 Å². The summed E-state index contributed by atoms with van der Waals surface area (Å²) >= 11 is 5.93. The highest BCUT2D eigenvalue weighted by atomic mass is 35.5. The van der Waals surface area contributed by atoms with Gasteiger partial charge in [-0.2, -0.15) is 5.10 Å². The van der Waals surface area contributed by atoms with Crippen LogP contribution < -0.4 is 5.32 Å². The number of aryl methyl sites for hydroxylation is 3. The fourth-order valence-electron chi connectivity index (χ4n) is 2.22. The number of aromatic nitrogens is 4. The number of alkyl halides is 1. The van der Waals surface area contributed by atoms with Gasteiger partial charge in [0.05, 0.1) is 11.6 Å². The number of hydrogen-bond donors (Lipinski definition) is 1. The Morgan fingerprint density at radius 1 is 1.47 bits per heavy atom. The lowest BCUT2D eigenvalue weighted by atomic mass is 10.3. The Bertz CT molecular complexity index is 601. The van der Waals surface area contributed by atoms with Crippen molar-refractivity contribution in [3.8, 4) is 0 Å². The second-order valence-electron chi connectivity index (χ2n) is 4.40. The molecule has 6 nitrogen and oxygen atoms in total. The maximum Gasteiger partial charge on any atom is 0.221 e. The molecule has 0 aromatic carbocycles. The van der Waals surface area contributed by atoms with Crippen LogP contribution in [0.25, 0.3) is 11.2 Å². The number of rotatable bonds is 5. The number of hydrogen-bond acceptors (Lipinski definition) is 3. The summed E-state index contributed by atoms with van der Waals surface area (Å²) in [5.74, 6) is 1.13. The van der Waals surface area contributed by atoms with Gasteiger partial charge < -0.3 is 9.88 Å². The van der Waals surface area contributed by atoms with E-state index in [1.165, 1.54) is 0 Å². The molecule has 2 aromatic heterocycles. The SMILES string of the molecule is CCNC(=O)CCn1c(CCl)nc2c(C)nn(C)c21. The highest BCUT2D eigenvalue weighted by molar-refractivity contribution is 6.16. The van der Waals surface area contributed by atoms with Crippen LogP contribution >= 0.6 is 11.6 Å². The molecule has 0 spiro atoms. The molecule has 19 heavy (non-hydrogen) atoms. The Balaban J connectivity index is 2.32. The molecule has 7 heteroatoms. The van der Waals surface area contributed by atoms with E-state index in [2.05, 4.69) is 15.4 Å². The standard InChI is InChI=1S/C12H18ClN5O/c1-4-14-10(19)5-6-18-9(7-13)15-11-8(2)16-17(3)12(11)18/h4-7H2,1-3H3,(H,14,19). The number of nitrogens with zero attached hydrogens (tertiary/aromatic N) is 4. The van der Waals surface area contributed by atoms with Crippen molar-refractivity contribution in [2.24, 2.45) is 7.05 Å². The minimum atomic E-state index is 0.0313. The Morgan fingerprint density at radius 2 is 2.21 bits per heavy atom. The third-order valence-corrected chi connectivity index (χ3v) is 3.26. The average molecular weight is 284 g/mol. The lowest BCUT2D eigenvalue weighted by Crippen LogP contribution is -2.24. The first-order valence-electron chi connectivity index (χ1n) is 6.29. The highest BCUT2D eigenvalue weighted by Gasteiger charge is 2.17. The zero-order valence-electron chi connectivity index (χ0n) is 11.4. The molecule has 0 saturated heterocycles. The Morgan fingerprint density at radius 3 is 2.84 bits per heavy atom. The number of carbonyl (C=O) groups excluding carboxylic acids is 1. The average Bonchev–Trinajstić information content (AvgIpc) is 2.86. The van der Waals surface area contributed by atoms with Crippen LogP contribution in [0.5, 0.6) is 0 Å². The summed E-state index contributed by atoms with van der Waals surface area (Å²) in [4.78, 5) is 16.1. The summed E-state index contributed by atoms with van der Waals surface area (Å²) in [7, 11) is 1.87. The van der Waals surface area contributed by atoms with Crippen molar-refractivity contribution in [2.75, 3.05) is 6.54 Å². The first kappa shape index (κ1) is 13.9. The molecule has 0 atom stereocenters. The van der Waals surface area contributed by atoms with E-state index in [9.17, 15) is 4.79 Å². The predicted octanol–water partition coefficient (Wildman–Crippen LogP) is 1.34. The normalized spacial score (nSPS) is 11.2. The minimum Gasteiger partial charge on any atom is -0.356 e. The van der Waals surface area contributed by atoms with Crippen molar-refractivity contribution in [2.45, 2.75) is 32.7 Å². The second-order valence-corrected chi connectivity index (χ2v) is 4.67. The zero-order valence-corrected chi connectivity index (χ0v) is 12.2. The van der Waals surface area contributed by atoms with Crippen molar-refractivity contribution in [3.05, 3.63) is 11.5 Å². The van der Waals surface area contributed by atoms with E-state index in [1.807, 2.05) is 25.5 Å². The first-order valence-corrected chi connectivity index (χ1v) is 6.83. The number of amides is 1. The Hall–Kier alpha value is -1.56. The molecule has 1 amide bonds. The van der Waals surface area contributed by atoms with Crippen molar-refractivity contribution >= 4 is 28.7 Å². The smallest absolute Gasteiger partial charge is 0.221 e. The van der Waals surface area contributed by atoms with Gasteiger partial charge in [0.15, 0.2) is 5.65 Å². The molecule has 2 aromatic rings. The van der Waals surface area contributed by atoms with Gasteiger partial charge >= 0.3 is 0 Å². The van der Waals surface area contributed by atoms with E-state index in [1.54, 1.807) is 4.68 Å². The molecule has 0 unspecified atom stereocenters. The van der Waals surface area contributed by atoms with Gasteiger partial charge in [-0.05, 0) is 13.8 Å². The van der Waals surface area contributed by atoms with Crippen LogP contribution in [0, 0.1) is 6.92 Å². The fraction of sp³-hybridized carbons (Fsp3) is 0.583. The quantitative estimate of drug-likeness (QED) is 0.842. The molecular weight excluding hydrogens is 266 g/mol. The van der Waals surface area contributed by atoms with E-state index in [0.29, 0.717) is 25.4 Å². The maximum absolute atomic E-state index is 11.6. The van der Waals surface area contributed by atoms with Gasteiger partial charge in [-0.1, -0.05) is 0 Å². The minimum absolute atomic E-state index is 0.0313. The molecule has 0 aliphatic heterocycles. The van der Waals surface area contributed by atoms with E-state index in [4.69, 9.17) is 11.6 Å². The summed E-state index contributed by atoms with van der Waals surface area (Å²) in [5, 5.41) is 7.12. The summed E-state index contributed by atoms with van der Waals surface area (Å²) in [6.07, 6.45) is 0.410. The van der Waals surface area contributed by atoms with E-state index in [0.717, 1.165) is 22.7 Å². The van der Waals surface area contributed by atoms with Crippen LogP contribution in [0.3, 0.4) is 0 Å². The maximum atomic E-state index is 11.6. The highest BCUT2D eigenvalue weighted by Crippen LogP contribution is 2.20. The topological polar surface area (TPSA) is 64.7 Å². The van der Waals surface area contributed by atoms with Gasteiger partial charge in [-0.3, -0.25) is 9.48 Å². The monoisotopic (exact) mass is 283 g/mol. The van der Waals surface area contributed by atoms with Crippen LogP contribution in [0.1, 0.15) is 24.9 Å². The van der Waals surface area contributed by atoms with E-state index in [-0.39, 0.29) is 5.91 Å². The third kappa shape index (κ3) is 2.58. The second kappa shape index (κ2) is 5.61. The molecule has 0 aliphatic rings. The lowest BCUT2D eigenvalue weighted by molar-refractivity contribution is -0.121. The van der Waals surface area contributed by atoms with Gasteiger partial charge in [-0.15, -0.1) is 11.6 Å². The van der Waals surface area contributed by atoms with Crippen LogP contribution in [-0.4, -0.2) is 31.8 Å². The summed E-state index contributed by atoms with van der Waals surface area (Å²) < 4.78 is 3.75. The molecule has 2 heterocycles. The number of fused-ring (bicyclic) bond motifs is 1. The van der Waals surface area contributed by atoms with Crippen LogP contribution in [0.4, 0.5) is 0 Å². The first-order chi connectivity index (χ1) is 9.08. The third-order valence-electron chi connectivity index (χ3n) is 3.03. The molecular formula is C12H18ClN5O. The summed E-state index contributed by atoms with van der Waals surface area (Å²) in [5.41, 5.74) is 2.65. The summed E-state index contributed by atoms with van der Waals surface area (Å²) in [6, 6.07) is 0. The fourth-order valence-corrected chi connectivity index (χ4v) is 2.42. The molecule has 0 bridgehead atoms. The lowest BCUT2D eigenvalue weighted by Gasteiger charge is -2.08. The van der Waals surface area contributed by atoms with Crippen molar-refractivity contribution in [1.82, 2.24) is 24.6 Å². The van der Waals surface area contributed by atoms with Crippen LogP contribution in [-0.2, 0) is 24.3 Å². The Kier molecular flexibility index (Phi) is 4.09. The number of halogens is 1. The molecule has 0 fully saturated rings. The predicted molar refractivity (Wildman–Crippen MR) is 74.1 cm³/mol. The largest absolute Gasteiger partial charge is 0.356 e. The van der Waals surface area contributed by atoms with Crippen molar-refractivity contribution in [3.63, 3.8) is 0 Å². The van der Waals surface area contributed by atoms with Gasteiger partial charge in [0.2, 0.25) is 5.91 Å². The van der Waals surface area contributed by atoms with Gasteiger partial charge in [0.25, 0.3) is 0 Å². The van der Waals surface area contributed by atoms with E-state index >= 15 is 0 Å². The summed E-state index contributed by atoms with van der Waals surface area (Å²) in [6.45, 7) is 5.03. The number of carbonyl (C=O) groups is 1. The van der Waals surface area contributed by atoms with Crippen LogP contribution in [0.2, 0.25) is 0 Å². The number of imidazole rings is 1. The van der Waals surface area contributed by atoms with Crippen LogP contribution in [0.15, 0.2) is 0 Å². The molecule has 2 rings (SSSR count). The molecule has 104 valence electrons. The Labute approximate surface area is 116 Å². The zero-order chi connectivity index (χ0) is 14.0. The van der Waals surface area contributed by atoms with Crippen molar-refractivity contribution < 1.29 is 4.79 Å². The number of nitrogens with one attached hydrogen (secondary N) is 1. The van der Waals surface area contributed by atoms with Crippen molar-refractivity contribution in [1.29, 1.82) is 0 Å². The molecule has 0 radical (unpaired) electrons. The van der Waals surface area contributed by atoms with Gasteiger partial charge in [0, 0.05) is 26.6 Å². The van der Waals surface area contributed by atoms with Gasteiger partial charge in [0.1, 0.15) is 11.3 Å². The van der Waals surface area contributed by atoms with Gasteiger partial charge in [-0.25, -0.2) is 4.98 Å². The molecule has 0 saturated carbocycles. The molecule has 1 N–H and O–H groups in total. The molecule has 0 aliphatic carbocycles.